The molecule has 2 heterocycles. The van der Waals surface area contributed by atoms with Gasteiger partial charge >= 0.3 is 0 Å². The van der Waals surface area contributed by atoms with E-state index in [4.69, 9.17) is 28.9 Å². The van der Waals surface area contributed by atoms with Crippen LogP contribution in [0.2, 0.25) is 10.2 Å². The van der Waals surface area contributed by atoms with E-state index in [1.807, 2.05) is 0 Å². The van der Waals surface area contributed by atoms with Crippen LogP contribution in [0.1, 0.15) is 37.7 Å². The fourth-order valence-electron chi connectivity index (χ4n) is 5.47. The Morgan fingerprint density at radius 3 is 2.61 bits per heavy atom. The topological polar surface area (TPSA) is 139 Å². The van der Waals surface area contributed by atoms with Crippen molar-refractivity contribution in [1.82, 2.24) is 19.9 Å². The summed E-state index contributed by atoms with van der Waals surface area (Å²) in [6.07, 6.45) is 7.72. The van der Waals surface area contributed by atoms with Crippen molar-refractivity contribution in [3.05, 3.63) is 58.3 Å². The third kappa shape index (κ3) is 6.36. The number of carbonyl (C=O) groups is 3. The molecule has 1 saturated heterocycles. The van der Waals surface area contributed by atoms with E-state index < -0.39 is 6.04 Å². The zero-order chi connectivity index (χ0) is 29.1. The summed E-state index contributed by atoms with van der Waals surface area (Å²) in [6.45, 7) is -0.523. The molecule has 5 rings (SSSR count). The second-order valence-electron chi connectivity index (χ2n) is 10.2. The third-order valence-corrected chi connectivity index (χ3v) is 7.90. The highest BCUT2D eigenvalue weighted by atomic mass is 35.5. The van der Waals surface area contributed by atoms with Gasteiger partial charge in [0, 0.05) is 35.2 Å². The van der Waals surface area contributed by atoms with Crippen LogP contribution in [-0.4, -0.2) is 70.0 Å². The Kier molecular flexibility index (Phi) is 8.55. The quantitative estimate of drug-likeness (QED) is 0.298. The van der Waals surface area contributed by atoms with E-state index in [9.17, 15) is 14.4 Å². The van der Waals surface area contributed by atoms with Gasteiger partial charge in [-0.1, -0.05) is 54.1 Å². The number of rotatable bonds is 8. The van der Waals surface area contributed by atoms with Crippen molar-refractivity contribution in [3.63, 3.8) is 0 Å². The van der Waals surface area contributed by atoms with E-state index in [1.165, 1.54) is 20.7 Å². The Bertz CT molecular complexity index is 1500. The number of amides is 3. The fourth-order valence-corrected chi connectivity index (χ4v) is 5.76. The molecule has 0 radical (unpaired) electrons. The standard InChI is InChI=1S/C28H30Cl2N8O3/c1-32-13-18-11-20(7-8-21(18)31)33-28(41)24(10-17-4-2-3-5-17)37-16-26(39)36(15-27(37)40)23-12-19(29)6-9-22(23)38-14-25(30)34-35-38/h6-9,11-14,17,24H,2-5,10,15-16,31H2,1H3,(H,33,41). The van der Waals surface area contributed by atoms with Gasteiger partial charge in [0.2, 0.25) is 17.7 Å². The van der Waals surface area contributed by atoms with Gasteiger partial charge < -0.3 is 16.0 Å². The smallest absolute Gasteiger partial charge is 0.247 e. The van der Waals surface area contributed by atoms with Crippen LogP contribution in [0.15, 0.2) is 47.6 Å². The normalized spacial score (nSPS) is 17.0. The zero-order valence-electron chi connectivity index (χ0n) is 22.5. The number of nitrogens with two attached hydrogens (primary N) is 1. The van der Waals surface area contributed by atoms with Gasteiger partial charge in [0.15, 0.2) is 5.15 Å². The Morgan fingerprint density at radius 2 is 1.90 bits per heavy atom. The van der Waals surface area contributed by atoms with Gasteiger partial charge in [0.1, 0.15) is 19.1 Å². The van der Waals surface area contributed by atoms with Crippen LogP contribution in [0.25, 0.3) is 5.69 Å². The van der Waals surface area contributed by atoms with E-state index in [1.54, 1.807) is 49.7 Å². The van der Waals surface area contributed by atoms with Crippen molar-refractivity contribution in [2.45, 2.75) is 38.1 Å². The first-order valence-electron chi connectivity index (χ1n) is 13.3. The number of benzene rings is 2. The van der Waals surface area contributed by atoms with Crippen LogP contribution in [0.4, 0.5) is 17.1 Å². The maximum Gasteiger partial charge on any atom is 0.247 e. The molecule has 1 unspecified atom stereocenters. The molecule has 0 spiro atoms. The molecule has 1 aliphatic carbocycles. The molecule has 1 aliphatic heterocycles. The first-order chi connectivity index (χ1) is 19.7. The van der Waals surface area contributed by atoms with E-state index in [0.717, 1.165) is 25.7 Å². The van der Waals surface area contributed by atoms with Gasteiger partial charge in [-0.2, -0.15) is 0 Å². The second-order valence-corrected chi connectivity index (χ2v) is 11.1. The average molecular weight is 598 g/mol. The largest absolute Gasteiger partial charge is 0.398 e. The number of aliphatic imine (C=N–C) groups is 1. The van der Waals surface area contributed by atoms with Crippen molar-refractivity contribution in [2.75, 3.05) is 36.1 Å². The van der Waals surface area contributed by atoms with Gasteiger partial charge in [0.05, 0.1) is 17.6 Å². The molecule has 2 aliphatic rings. The highest BCUT2D eigenvalue weighted by molar-refractivity contribution is 6.31. The summed E-state index contributed by atoms with van der Waals surface area (Å²) < 4.78 is 1.42. The number of halogens is 2. The molecular weight excluding hydrogens is 567 g/mol. The molecule has 2 aromatic carbocycles. The summed E-state index contributed by atoms with van der Waals surface area (Å²) in [6, 6.07) is 9.23. The van der Waals surface area contributed by atoms with Crippen LogP contribution in [0.5, 0.6) is 0 Å². The minimum absolute atomic E-state index is 0.175. The van der Waals surface area contributed by atoms with Crippen LogP contribution in [-0.2, 0) is 14.4 Å². The lowest BCUT2D eigenvalue weighted by atomic mass is 9.95. The molecule has 3 amide bonds. The summed E-state index contributed by atoms with van der Waals surface area (Å²) >= 11 is 12.2. The third-order valence-electron chi connectivity index (χ3n) is 7.49. The molecule has 13 heteroatoms. The minimum Gasteiger partial charge on any atom is -0.398 e. The summed E-state index contributed by atoms with van der Waals surface area (Å²) in [4.78, 5) is 47.7. The van der Waals surface area contributed by atoms with Gasteiger partial charge in [0.25, 0.3) is 0 Å². The Balaban J connectivity index is 1.41. The van der Waals surface area contributed by atoms with Gasteiger partial charge in [-0.3, -0.25) is 24.3 Å². The summed E-state index contributed by atoms with van der Waals surface area (Å²) in [7, 11) is 1.64. The molecule has 1 atom stereocenters. The van der Waals surface area contributed by atoms with Gasteiger partial charge in [-0.25, -0.2) is 4.68 Å². The van der Waals surface area contributed by atoms with Crippen molar-refractivity contribution in [1.29, 1.82) is 0 Å². The number of anilines is 3. The molecule has 3 N–H and O–H groups in total. The van der Waals surface area contributed by atoms with E-state index >= 15 is 0 Å². The van der Waals surface area contributed by atoms with E-state index in [0.29, 0.717) is 39.8 Å². The first-order valence-corrected chi connectivity index (χ1v) is 14.1. The molecule has 1 aromatic heterocycles. The maximum atomic E-state index is 13.7. The van der Waals surface area contributed by atoms with Crippen molar-refractivity contribution < 1.29 is 14.4 Å². The van der Waals surface area contributed by atoms with E-state index in [2.05, 4.69) is 20.6 Å². The predicted molar refractivity (Wildman–Crippen MR) is 159 cm³/mol. The molecule has 41 heavy (non-hydrogen) atoms. The highest BCUT2D eigenvalue weighted by Crippen LogP contribution is 2.33. The molecule has 11 nitrogen and oxygen atoms in total. The number of carbonyl (C=O) groups excluding carboxylic acids is 3. The molecule has 1 saturated carbocycles. The number of hydrogen-bond acceptors (Lipinski definition) is 7. The van der Waals surface area contributed by atoms with Gasteiger partial charge in [-0.05, 0) is 48.7 Å². The summed E-state index contributed by atoms with van der Waals surface area (Å²) in [5.74, 6) is -0.757. The number of piperazine rings is 1. The lowest BCUT2D eigenvalue weighted by Gasteiger charge is -2.39. The molecule has 214 valence electrons. The lowest BCUT2D eigenvalue weighted by Crippen LogP contribution is -2.60. The Hall–Kier alpha value is -3.96. The van der Waals surface area contributed by atoms with Gasteiger partial charge in [-0.15, -0.1) is 5.10 Å². The van der Waals surface area contributed by atoms with E-state index in [-0.39, 0.29) is 41.9 Å². The molecular formula is C28H30Cl2N8O3. The number of nitrogen functional groups attached to an aromatic ring is 1. The van der Waals surface area contributed by atoms with Crippen molar-refractivity contribution in [3.8, 4) is 5.69 Å². The second kappa shape index (κ2) is 12.3. The Morgan fingerprint density at radius 1 is 1.12 bits per heavy atom. The summed E-state index contributed by atoms with van der Waals surface area (Å²) in [5, 5.41) is 11.3. The average Bonchev–Trinajstić information content (AvgIpc) is 3.62. The molecule has 2 fully saturated rings. The number of aromatic nitrogens is 3. The first kappa shape index (κ1) is 28.6. The molecule has 0 bridgehead atoms. The SMILES string of the molecule is CN=Cc1cc(NC(=O)C(CC2CCCC2)N2CC(=O)N(c3cc(Cl)ccc3-n3cc(Cl)nn3)CC2=O)ccc1N. The minimum atomic E-state index is -0.814. The van der Waals surface area contributed by atoms with Crippen molar-refractivity contribution >= 4 is 64.2 Å². The van der Waals surface area contributed by atoms with Crippen LogP contribution in [0, 0.1) is 5.92 Å². The predicted octanol–water partition coefficient (Wildman–Crippen LogP) is 3.97. The Labute approximate surface area is 247 Å². The number of nitrogens with one attached hydrogen (secondary N) is 1. The van der Waals surface area contributed by atoms with Crippen LogP contribution < -0.4 is 16.0 Å². The maximum absolute atomic E-state index is 13.7. The lowest BCUT2D eigenvalue weighted by molar-refractivity contribution is -0.144. The highest BCUT2D eigenvalue weighted by Gasteiger charge is 2.40. The summed E-state index contributed by atoms with van der Waals surface area (Å²) in [5.41, 5.74) is 8.63. The zero-order valence-corrected chi connectivity index (χ0v) is 24.0. The number of hydrogen-bond donors (Lipinski definition) is 2. The molecule has 3 aromatic rings. The van der Waals surface area contributed by atoms with Crippen LogP contribution >= 0.6 is 23.2 Å². The van der Waals surface area contributed by atoms with Crippen LogP contribution in [0.3, 0.4) is 0 Å². The fraction of sp³-hybridized carbons (Fsp3) is 0.357. The monoisotopic (exact) mass is 596 g/mol. The van der Waals surface area contributed by atoms with Crippen molar-refractivity contribution in [2.24, 2.45) is 10.9 Å². The number of nitrogens with zero attached hydrogens (tertiary/aromatic N) is 6.